The van der Waals surface area contributed by atoms with Gasteiger partial charge < -0.3 is 10.4 Å². The number of aliphatic hydroxyl groups excluding tert-OH is 1. The van der Waals surface area contributed by atoms with Crippen molar-refractivity contribution in [1.29, 1.82) is 0 Å². The van der Waals surface area contributed by atoms with E-state index in [0.29, 0.717) is 18.9 Å². The molecular weight excluding hydrogens is 246 g/mol. The Bertz CT molecular complexity index is 358. The lowest BCUT2D eigenvalue weighted by Gasteiger charge is -2.26. The summed E-state index contributed by atoms with van der Waals surface area (Å²) in [6.07, 6.45) is 5.96. The largest absolute Gasteiger partial charge is 0.391 e. The molecule has 0 aliphatic heterocycles. The molecule has 1 fully saturated rings. The highest BCUT2D eigenvalue weighted by molar-refractivity contribution is 7.10. The summed E-state index contributed by atoms with van der Waals surface area (Å²) in [7, 11) is 0. The second kappa shape index (κ2) is 6.90. The summed E-state index contributed by atoms with van der Waals surface area (Å²) < 4.78 is 0. The van der Waals surface area contributed by atoms with Crippen LogP contribution in [0.15, 0.2) is 17.5 Å². The van der Waals surface area contributed by atoms with Crippen molar-refractivity contribution in [2.75, 3.05) is 6.54 Å². The van der Waals surface area contributed by atoms with E-state index in [1.807, 2.05) is 17.5 Å². The number of aliphatic hydroxyl groups is 1. The summed E-state index contributed by atoms with van der Waals surface area (Å²) >= 11 is 1.59. The SMILES string of the molecule is O=C(Cc1cccs1)NCC(O)C1CCCCC1. The maximum Gasteiger partial charge on any atom is 0.225 e. The minimum atomic E-state index is -0.377. The number of rotatable bonds is 5. The summed E-state index contributed by atoms with van der Waals surface area (Å²) in [4.78, 5) is 12.8. The zero-order chi connectivity index (χ0) is 12.8. The van der Waals surface area contributed by atoms with Gasteiger partial charge in [-0.25, -0.2) is 0 Å². The Balaban J connectivity index is 1.68. The molecule has 18 heavy (non-hydrogen) atoms. The van der Waals surface area contributed by atoms with Gasteiger partial charge in [0.15, 0.2) is 0 Å². The Morgan fingerprint density at radius 1 is 1.44 bits per heavy atom. The van der Waals surface area contributed by atoms with Crippen LogP contribution in [-0.4, -0.2) is 23.7 Å². The summed E-state index contributed by atoms with van der Waals surface area (Å²) in [5.41, 5.74) is 0. The third-order valence-corrected chi connectivity index (χ3v) is 4.49. The van der Waals surface area contributed by atoms with Crippen molar-refractivity contribution in [3.8, 4) is 0 Å². The zero-order valence-electron chi connectivity index (χ0n) is 10.6. The number of hydrogen-bond acceptors (Lipinski definition) is 3. The average molecular weight is 267 g/mol. The van der Waals surface area contributed by atoms with E-state index >= 15 is 0 Å². The highest BCUT2D eigenvalue weighted by Gasteiger charge is 2.21. The molecule has 1 amide bonds. The van der Waals surface area contributed by atoms with Crippen LogP contribution in [0, 0.1) is 5.92 Å². The van der Waals surface area contributed by atoms with Gasteiger partial charge in [0.05, 0.1) is 12.5 Å². The van der Waals surface area contributed by atoms with Gasteiger partial charge in [0.1, 0.15) is 0 Å². The Labute approximate surface area is 112 Å². The number of carbonyl (C=O) groups is 1. The monoisotopic (exact) mass is 267 g/mol. The second-order valence-electron chi connectivity index (χ2n) is 5.03. The molecule has 0 radical (unpaired) electrons. The van der Waals surface area contributed by atoms with Crippen molar-refractivity contribution in [3.05, 3.63) is 22.4 Å². The Kier molecular flexibility index (Phi) is 5.20. The molecule has 1 aliphatic rings. The molecule has 1 unspecified atom stereocenters. The van der Waals surface area contributed by atoms with Gasteiger partial charge in [-0.15, -0.1) is 11.3 Å². The van der Waals surface area contributed by atoms with Crippen LogP contribution in [0.5, 0.6) is 0 Å². The molecule has 0 aromatic carbocycles. The van der Waals surface area contributed by atoms with E-state index in [2.05, 4.69) is 5.32 Å². The molecule has 1 atom stereocenters. The maximum atomic E-state index is 11.7. The fraction of sp³-hybridized carbons (Fsp3) is 0.643. The van der Waals surface area contributed by atoms with Gasteiger partial charge in [-0.1, -0.05) is 25.3 Å². The highest BCUT2D eigenvalue weighted by atomic mass is 32.1. The molecule has 1 saturated carbocycles. The Morgan fingerprint density at radius 3 is 2.89 bits per heavy atom. The molecule has 0 spiro atoms. The van der Waals surface area contributed by atoms with Crippen molar-refractivity contribution in [2.24, 2.45) is 5.92 Å². The minimum absolute atomic E-state index is 0.00677. The standard InChI is InChI=1S/C14H21NO2S/c16-13(11-5-2-1-3-6-11)10-15-14(17)9-12-7-4-8-18-12/h4,7-8,11,13,16H,1-3,5-6,9-10H2,(H,15,17). The van der Waals surface area contributed by atoms with Crippen molar-refractivity contribution < 1.29 is 9.90 Å². The average Bonchev–Trinajstić information content (AvgIpc) is 2.90. The van der Waals surface area contributed by atoms with Crippen LogP contribution in [0.2, 0.25) is 0 Å². The number of hydrogen-bond donors (Lipinski definition) is 2. The molecule has 1 aliphatic carbocycles. The second-order valence-corrected chi connectivity index (χ2v) is 6.06. The summed E-state index contributed by atoms with van der Waals surface area (Å²) in [6, 6.07) is 3.91. The zero-order valence-corrected chi connectivity index (χ0v) is 11.4. The maximum absolute atomic E-state index is 11.7. The lowest BCUT2D eigenvalue weighted by molar-refractivity contribution is -0.121. The van der Waals surface area contributed by atoms with Gasteiger partial charge in [0, 0.05) is 11.4 Å². The predicted molar refractivity (Wildman–Crippen MR) is 73.6 cm³/mol. The molecule has 0 bridgehead atoms. The van der Waals surface area contributed by atoms with Gasteiger partial charge in [-0.2, -0.15) is 0 Å². The van der Waals surface area contributed by atoms with Crippen LogP contribution in [0.25, 0.3) is 0 Å². The molecule has 1 aromatic rings. The van der Waals surface area contributed by atoms with Gasteiger partial charge in [-0.3, -0.25) is 4.79 Å². The molecule has 0 saturated heterocycles. The molecule has 1 heterocycles. The number of amides is 1. The van der Waals surface area contributed by atoms with E-state index < -0.39 is 0 Å². The van der Waals surface area contributed by atoms with Crippen LogP contribution in [-0.2, 0) is 11.2 Å². The highest BCUT2D eigenvalue weighted by Crippen LogP contribution is 2.26. The molecule has 2 N–H and O–H groups in total. The third-order valence-electron chi connectivity index (χ3n) is 3.62. The van der Waals surface area contributed by atoms with Crippen molar-refractivity contribution in [3.63, 3.8) is 0 Å². The van der Waals surface area contributed by atoms with Crippen LogP contribution in [0.3, 0.4) is 0 Å². The summed E-state index contributed by atoms with van der Waals surface area (Å²) in [5, 5.41) is 14.8. The number of carbonyl (C=O) groups excluding carboxylic acids is 1. The molecule has 1 aromatic heterocycles. The van der Waals surface area contributed by atoms with E-state index in [1.54, 1.807) is 11.3 Å². The summed E-state index contributed by atoms with van der Waals surface area (Å²) in [5.74, 6) is 0.382. The first kappa shape index (κ1) is 13.6. The third kappa shape index (κ3) is 4.10. The first-order valence-corrected chi connectivity index (χ1v) is 7.61. The summed E-state index contributed by atoms with van der Waals surface area (Å²) in [6.45, 7) is 0.398. The van der Waals surface area contributed by atoms with Crippen LogP contribution < -0.4 is 5.32 Å². The van der Waals surface area contributed by atoms with Gasteiger partial charge >= 0.3 is 0 Å². The van der Waals surface area contributed by atoms with Crippen LogP contribution in [0.4, 0.5) is 0 Å². The predicted octanol–water partition coefficient (Wildman–Crippen LogP) is 2.35. The molecular formula is C14H21NO2S. The van der Waals surface area contributed by atoms with Crippen molar-refractivity contribution in [1.82, 2.24) is 5.32 Å². The van der Waals surface area contributed by atoms with Crippen LogP contribution >= 0.6 is 11.3 Å². The first-order chi connectivity index (χ1) is 8.75. The van der Waals surface area contributed by atoms with Gasteiger partial charge in [0.25, 0.3) is 0 Å². The molecule has 3 nitrogen and oxygen atoms in total. The number of thiophene rings is 1. The van der Waals surface area contributed by atoms with E-state index in [0.717, 1.165) is 17.7 Å². The molecule has 2 rings (SSSR count). The van der Waals surface area contributed by atoms with Crippen LogP contribution in [0.1, 0.15) is 37.0 Å². The van der Waals surface area contributed by atoms with Crippen molar-refractivity contribution >= 4 is 17.2 Å². The van der Waals surface area contributed by atoms with Crippen molar-refractivity contribution in [2.45, 2.75) is 44.6 Å². The molecule has 4 heteroatoms. The smallest absolute Gasteiger partial charge is 0.225 e. The Morgan fingerprint density at radius 2 is 2.22 bits per heavy atom. The lowest BCUT2D eigenvalue weighted by atomic mass is 9.85. The van der Waals surface area contributed by atoms with E-state index in [1.165, 1.54) is 19.3 Å². The van der Waals surface area contributed by atoms with E-state index in [9.17, 15) is 9.90 Å². The minimum Gasteiger partial charge on any atom is -0.391 e. The fourth-order valence-electron chi connectivity index (χ4n) is 2.54. The normalized spacial score (nSPS) is 18.5. The fourth-order valence-corrected chi connectivity index (χ4v) is 3.24. The lowest BCUT2D eigenvalue weighted by Crippen LogP contribution is -2.37. The Hall–Kier alpha value is -0.870. The quantitative estimate of drug-likeness (QED) is 0.860. The van der Waals surface area contributed by atoms with E-state index in [-0.39, 0.29) is 12.0 Å². The first-order valence-electron chi connectivity index (χ1n) is 6.73. The number of nitrogens with one attached hydrogen (secondary N) is 1. The topological polar surface area (TPSA) is 49.3 Å². The van der Waals surface area contributed by atoms with Gasteiger partial charge in [-0.05, 0) is 30.2 Å². The molecule has 100 valence electrons. The van der Waals surface area contributed by atoms with E-state index in [4.69, 9.17) is 0 Å². The van der Waals surface area contributed by atoms with Gasteiger partial charge in [0.2, 0.25) is 5.91 Å².